The van der Waals surface area contributed by atoms with Crippen LogP contribution in [0.5, 0.6) is 0 Å². The molecule has 0 atom stereocenters. The fraction of sp³-hybridized carbons (Fsp3) is 0.929. The third-order valence-corrected chi connectivity index (χ3v) is 2.46. The predicted molar refractivity (Wildman–Crippen MR) is 70.0 cm³/mol. The predicted octanol–water partition coefficient (Wildman–Crippen LogP) is 3.56. The summed E-state index contributed by atoms with van der Waals surface area (Å²) in [5, 5.41) is 0. The number of unbranched alkanes of at least 4 members (excludes halogenated alkanes) is 1. The van der Waals surface area contributed by atoms with Crippen molar-refractivity contribution >= 4 is 5.97 Å². The minimum atomic E-state index is -0.0883. The van der Waals surface area contributed by atoms with Crippen molar-refractivity contribution in [2.24, 2.45) is 5.92 Å². The first-order chi connectivity index (χ1) is 8.16. The van der Waals surface area contributed by atoms with Crippen LogP contribution >= 0.6 is 0 Å². The van der Waals surface area contributed by atoms with Gasteiger partial charge in [-0.1, -0.05) is 27.2 Å². The van der Waals surface area contributed by atoms with Crippen molar-refractivity contribution in [2.45, 2.75) is 59.3 Å². The van der Waals surface area contributed by atoms with Crippen LogP contribution in [0.25, 0.3) is 0 Å². The smallest absolute Gasteiger partial charge is 0.305 e. The summed E-state index contributed by atoms with van der Waals surface area (Å²) in [6.45, 7) is 8.51. The minimum absolute atomic E-state index is 0.0883. The van der Waals surface area contributed by atoms with E-state index in [0.717, 1.165) is 38.2 Å². The summed E-state index contributed by atoms with van der Waals surface area (Å²) in [5.74, 6) is 0.649. The maximum atomic E-state index is 11.3. The van der Waals surface area contributed by atoms with Crippen molar-refractivity contribution in [3.05, 3.63) is 0 Å². The number of esters is 1. The van der Waals surface area contributed by atoms with Crippen LogP contribution in [-0.2, 0) is 14.3 Å². The van der Waals surface area contributed by atoms with E-state index < -0.39 is 0 Å². The largest absolute Gasteiger partial charge is 0.466 e. The molecule has 0 rings (SSSR count). The van der Waals surface area contributed by atoms with Crippen molar-refractivity contribution in [1.82, 2.24) is 0 Å². The molecule has 0 saturated carbocycles. The van der Waals surface area contributed by atoms with Crippen molar-refractivity contribution < 1.29 is 14.3 Å². The summed E-state index contributed by atoms with van der Waals surface area (Å²) in [4.78, 5) is 11.3. The van der Waals surface area contributed by atoms with Crippen LogP contribution in [0.4, 0.5) is 0 Å². The standard InChI is InChI=1S/C14H28O3/c1-4-10-16-11-7-9-14(15)17-12-6-5-8-13(2)3/h13H,4-12H2,1-3H3. The van der Waals surface area contributed by atoms with Gasteiger partial charge in [0.1, 0.15) is 0 Å². The Hall–Kier alpha value is -0.570. The van der Waals surface area contributed by atoms with E-state index in [9.17, 15) is 4.79 Å². The Morgan fingerprint density at radius 2 is 1.82 bits per heavy atom. The molecule has 0 unspecified atom stereocenters. The third kappa shape index (κ3) is 13.4. The lowest BCUT2D eigenvalue weighted by Gasteiger charge is -2.06. The molecule has 0 N–H and O–H groups in total. The van der Waals surface area contributed by atoms with Gasteiger partial charge in [0.05, 0.1) is 6.61 Å². The van der Waals surface area contributed by atoms with Crippen LogP contribution in [-0.4, -0.2) is 25.8 Å². The van der Waals surface area contributed by atoms with Crippen molar-refractivity contribution in [3.8, 4) is 0 Å². The van der Waals surface area contributed by atoms with Gasteiger partial charge in [-0.25, -0.2) is 0 Å². The molecule has 0 saturated heterocycles. The second-order valence-electron chi connectivity index (χ2n) is 4.83. The average molecular weight is 244 g/mol. The number of carbonyl (C=O) groups excluding carboxylic acids is 1. The zero-order chi connectivity index (χ0) is 12.9. The van der Waals surface area contributed by atoms with E-state index in [4.69, 9.17) is 9.47 Å². The molecule has 3 nitrogen and oxygen atoms in total. The number of ether oxygens (including phenoxy) is 2. The van der Waals surface area contributed by atoms with Gasteiger partial charge in [0.15, 0.2) is 0 Å². The molecule has 0 aromatic carbocycles. The number of rotatable bonds is 11. The van der Waals surface area contributed by atoms with Crippen LogP contribution in [0.1, 0.15) is 59.3 Å². The Labute approximate surface area is 106 Å². The molecule has 0 radical (unpaired) electrons. The summed E-state index contributed by atoms with van der Waals surface area (Å²) in [7, 11) is 0. The van der Waals surface area contributed by atoms with Crippen LogP contribution in [0, 0.1) is 5.92 Å². The van der Waals surface area contributed by atoms with E-state index in [1.165, 1.54) is 6.42 Å². The van der Waals surface area contributed by atoms with Crippen molar-refractivity contribution in [2.75, 3.05) is 19.8 Å². The lowest BCUT2D eigenvalue weighted by molar-refractivity contribution is -0.144. The molecule has 0 aliphatic rings. The van der Waals surface area contributed by atoms with E-state index in [0.29, 0.717) is 19.6 Å². The van der Waals surface area contributed by atoms with Crippen LogP contribution in [0.2, 0.25) is 0 Å². The Morgan fingerprint density at radius 3 is 2.47 bits per heavy atom. The molecule has 102 valence electrons. The zero-order valence-electron chi connectivity index (χ0n) is 11.7. The summed E-state index contributed by atoms with van der Waals surface area (Å²) >= 11 is 0. The Morgan fingerprint density at radius 1 is 1.06 bits per heavy atom. The maximum Gasteiger partial charge on any atom is 0.305 e. The highest BCUT2D eigenvalue weighted by Crippen LogP contribution is 2.06. The quantitative estimate of drug-likeness (QED) is 0.412. The monoisotopic (exact) mass is 244 g/mol. The first kappa shape index (κ1) is 16.4. The van der Waals surface area contributed by atoms with E-state index in [1.807, 2.05) is 0 Å². The highest BCUT2D eigenvalue weighted by atomic mass is 16.5. The Kier molecular flexibility index (Phi) is 11.5. The molecule has 0 amide bonds. The first-order valence-corrected chi connectivity index (χ1v) is 6.90. The molecular formula is C14H28O3. The molecule has 3 heteroatoms. The molecule has 0 aromatic rings. The third-order valence-electron chi connectivity index (χ3n) is 2.46. The zero-order valence-corrected chi connectivity index (χ0v) is 11.7. The lowest BCUT2D eigenvalue weighted by Crippen LogP contribution is -2.07. The van der Waals surface area contributed by atoms with Crippen molar-refractivity contribution in [3.63, 3.8) is 0 Å². The second-order valence-corrected chi connectivity index (χ2v) is 4.83. The Balaban J connectivity index is 3.18. The summed E-state index contributed by atoms with van der Waals surface area (Å²) in [5.41, 5.74) is 0. The van der Waals surface area contributed by atoms with Gasteiger partial charge in [0, 0.05) is 19.6 Å². The topological polar surface area (TPSA) is 35.5 Å². The van der Waals surface area contributed by atoms with E-state index >= 15 is 0 Å². The van der Waals surface area contributed by atoms with Crippen LogP contribution in [0.15, 0.2) is 0 Å². The first-order valence-electron chi connectivity index (χ1n) is 6.90. The molecule has 0 fully saturated rings. The highest BCUT2D eigenvalue weighted by Gasteiger charge is 2.02. The second kappa shape index (κ2) is 11.9. The summed E-state index contributed by atoms with van der Waals surface area (Å²) < 4.78 is 10.4. The molecule has 0 heterocycles. The summed E-state index contributed by atoms with van der Waals surface area (Å²) in [6.07, 6.45) is 5.61. The molecule has 0 aliphatic carbocycles. The van der Waals surface area contributed by atoms with Gasteiger partial charge < -0.3 is 9.47 Å². The van der Waals surface area contributed by atoms with Gasteiger partial charge in [-0.15, -0.1) is 0 Å². The molecule has 0 aliphatic heterocycles. The average Bonchev–Trinajstić information content (AvgIpc) is 2.28. The fourth-order valence-corrected chi connectivity index (χ4v) is 1.48. The molecule has 0 aromatic heterocycles. The van der Waals surface area contributed by atoms with Gasteiger partial charge in [-0.05, 0) is 31.6 Å². The van der Waals surface area contributed by atoms with Gasteiger partial charge in [-0.3, -0.25) is 4.79 Å². The summed E-state index contributed by atoms with van der Waals surface area (Å²) in [6, 6.07) is 0. The number of hydrogen-bond donors (Lipinski definition) is 0. The molecule has 0 spiro atoms. The fourth-order valence-electron chi connectivity index (χ4n) is 1.48. The molecular weight excluding hydrogens is 216 g/mol. The maximum absolute atomic E-state index is 11.3. The lowest BCUT2D eigenvalue weighted by atomic mass is 10.1. The molecule has 0 bridgehead atoms. The van der Waals surface area contributed by atoms with Crippen molar-refractivity contribution in [1.29, 1.82) is 0 Å². The van der Waals surface area contributed by atoms with Gasteiger partial charge >= 0.3 is 5.97 Å². The normalized spacial score (nSPS) is 10.8. The highest BCUT2D eigenvalue weighted by molar-refractivity contribution is 5.69. The van der Waals surface area contributed by atoms with Gasteiger partial charge in [0.2, 0.25) is 0 Å². The van der Waals surface area contributed by atoms with E-state index in [1.54, 1.807) is 0 Å². The van der Waals surface area contributed by atoms with E-state index in [2.05, 4.69) is 20.8 Å². The van der Waals surface area contributed by atoms with Crippen LogP contribution in [0.3, 0.4) is 0 Å². The van der Waals surface area contributed by atoms with E-state index in [-0.39, 0.29) is 5.97 Å². The number of hydrogen-bond acceptors (Lipinski definition) is 3. The SMILES string of the molecule is CCCOCCCC(=O)OCCCCC(C)C. The van der Waals surface area contributed by atoms with Gasteiger partial charge in [0.25, 0.3) is 0 Å². The van der Waals surface area contributed by atoms with Gasteiger partial charge in [-0.2, -0.15) is 0 Å². The Bertz CT molecular complexity index is 178. The molecule has 17 heavy (non-hydrogen) atoms. The minimum Gasteiger partial charge on any atom is -0.466 e. The number of carbonyl (C=O) groups is 1. The van der Waals surface area contributed by atoms with Crippen LogP contribution < -0.4 is 0 Å².